The van der Waals surface area contributed by atoms with Crippen molar-refractivity contribution < 1.29 is 0 Å². The van der Waals surface area contributed by atoms with Gasteiger partial charge in [0.15, 0.2) is 5.13 Å². The van der Waals surface area contributed by atoms with E-state index in [9.17, 15) is 0 Å². The molecule has 152 valence electrons. The van der Waals surface area contributed by atoms with Crippen LogP contribution in [0.4, 0.5) is 22.6 Å². The molecule has 1 aliphatic heterocycles. The quantitative estimate of drug-likeness (QED) is 0.688. The first-order valence-corrected chi connectivity index (χ1v) is 10.5. The number of anilines is 4. The zero-order chi connectivity index (χ0) is 20.4. The highest BCUT2D eigenvalue weighted by molar-refractivity contribution is 7.19. The number of rotatable bonds is 5. The lowest BCUT2D eigenvalue weighted by Crippen LogP contribution is -2.44. The SMILES string of the molecule is Cc1nc(N(C)C)sc1-c1ccnc(Nc2ccc(N3CCN(C)CC3)cn2)n1. The van der Waals surface area contributed by atoms with Crippen molar-refractivity contribution >= 4 is 33.9 Å². The van der Waals surface area contributed by atoms with Crippen LogP contribution in [0.5, 0.6) is 0 Å². The van der Waals surface area contributed by atoms with Gasteiger partial charge < -0.3 is 20.0 Å². The number of piperazine rings is 1. The highest BCUT2D eigenvalue weighted by Crippen LogP contribution is 2.33. The second-order valence-electron chi connectivity index (χ2n) is 7.39. The van der Waals surface area contributed by atoms with Crippen molar-refractivity contribution in [2.75, 3.05) is 62.4 Å². The van der Waals surface area contributed by atoms with Crippen molar-refractivity contribution in [1.29, 1.82) is 0 Å². The zero-order valence-electron chi connectivity index (χ0n) is 17.3. The Morgan fingerprint density at radius 3 is 2.48 bits per heavy atom. The van der Waals surface area contributed by atoms with Crippen molar-refractivity contribution in [3.63, 3.8) is 0 Å². The molecule has 1 N–H and O–H groups in total. The molecular weight excluding hydrogens is 384 g/mol. The van der Waals surface area contributed by atoms with E-state index >= 15 is 0 Å². The predicted molar refractivity (Wildman–Crippen MR) is 119 cm³/mol. The van der Waals surface area contributed by atoms with Crippen LogP contribution in [0.2, 0.25) is 0 Å². The molecule has 0 radical (unpaired) electrons. The second kappa shape index (κ2) is 8.30. The number of thiazole rings is 1. The van der Waals surface area contributed by atoms with Crippen molar-refractivity contribution in [3.8, 4) is 10.6 Å². The van der Waals surface area contributed by atoms with E-state index in [-0.39, 0.29) is 0 Å². The van der Waals surface area contributed by atoms with E-state index < -0.39 is 0 Å². The summed E-state index contributed by atoms with van der Waals surface area (Å²) in [6, 6.07) is 5.99. The molecule has 1 saturated heterocycles. The Morgan fingerprint density at radius 1 is 1.03 bits per heavy atom. The van der Waals surface area contributed by atoms with E-state index in [0.29, 0.717) is 5.95 Å². The van der Waals surface area contributed by atoms with Gasteiger partial charge in [-0.3, -0.25) is 0 Å². The first kappa shape index (κ1) is 19.5. The molecule has 0 aromatic carbocycles. The number of nitrogens with zero attached hydrogens (tertiary/aromatic N) is 7. The van der Waals surface area contributed by atoms with Crippen LogP contribution < -0.4 is 15.1 Å². The Labute approximate surface area is 175 Å². The molecule has 9 heteroatoms. The fourth-order valence-electron chi connectivity index (χ4n) is 3.18. The van der Waals surface area contributed by atoms with E-state index in [1.54, 1.807) is 17.5 Å². The van der Waals surface area contributed by atoms with E-state index in [0.717, 1.165) is 59.1 Å². The Morgan fingerprint density at radius 2 is 1.83 bits per heavy atom. The van der Waals surface area contributed by atoms with Crippen LogP contribution in [0, 0.1) is 6.92 Å². The maximum Gasteiger partial charge on any atom is 0.228 e. The van der Waals surface area contributed by atoms with Crippen molar-refractivity contribution in [2.24, 2.45) is 0 Å². The van der Waals surface area contributed by atoms with Gasteiger partial charge in [0, 0.05) is 46.5 Å². The molecule has 4 rings (SSSR count). The molecule has 0 bridgehead atoms. The van der Waals surface area contributed by atoms with Crippen molar-refractivity contribution in [3.05, 3.63) is 36.3 Å². The Hall–Kier alpha value is -2.78. The summed E-state index contributed by atoms with van der Waals surface area (Å²) in [6.45, 7) is 6.21. The molecule has 0 spiro atoms. The fraction of sp³-hybridized carbons (Fsp3) is 0.400. The van der Waals surface area contributed by atoms with Crippen LogP contribution in [-0.2, 0) is 0 Å². The largest absolute Gasteiger partial charge is 0.368 e. The topological polar surface area (TPSA) is 73.3 Å². The normalized spacial score (nSPS) is 14.8. The minimum atomic E-state index is 0.529. The minimum Gasteiger partial charge on any atom is -0.368 e. The number of aryl methyl sites for hydroxylation is 1. The van der Waals surface area contributed by atoms with Crippen molar-refractivity contribution in [1.82, 2.24) is 24.8 Å². The third-order valence-electron chi connectivity index (χ3n) is 4.91. The molecule has 0 unspecified atom stereocenters. The van der Waals surface area contributed by atoms with Crippen LogP contribution in [0.3, 0.4) is 0 Å². The molecule has 0 atom stereocenters. The lowest BCUT2D eigenvalue weighted by molar-refractivity contribution is 0.313. The molecule has 3 aromatic heterocycles. The van der Waals surface area contributed by atoms with E-state index in [1.807, 2.05) is 44.2 Å². The van der Waals surface area contributed by atoms with Gasteiger partial charge in [-0.2, -0.15) is 0 Å². The number of hydrogen-bond acceptors (Lipinski definition) is 9. The summed E-state index contributed by atoms with van der Waals surface area (Å²) in [5.41, 5.74) is 2.98. The molecule has 4 heterocycles. The standard InChI is InChI=1S/C20H26N8S/c1-14-18(29-20(23-14)26(2)3)16-7-8-21-19(24-16)25-17-6-5-15(13-22-17)28-11-9-27(4)10-12-28/h5-8,13H,9-12H2,1-4H3,(H,21,22,24,25). The predicted octanol–water partition coefficient (Wildman–Crippen LogP) is 2.86. The van der Waals surface area contributed by atoms with E-state index in [2.05, 4.69) is 48.2 Å². The van der Waals surface area contributed by atoms with Gasteiger partial charge in [-0.05, 0) is 32.2 Å². The summed E-state index contributed by atoms with van der Waals surface area (Å²) in [5, 5.41) is 4.18. The fourth-order valence-corrected chi connectivity index (χ4v) is 4.14. The Bertz CT molecular complexity index is 961. The molecule has 1 aliphatic rings. The molecule has 0 amide bonds. The van der Waals surface area contributed by atoms with Gasteiger partial charge in [-0.15, -0.1) is 0 Å². The van der Waals surface area contributed by atoms with Gasteiger partial charge in [0.1, 0.15) is 5.82 Å². The van der Waals surface area contributed by atoms with Crippen LogP contribution in [-0.4, -0.2) is 72.2 Å². The highest BCUT2D eigenvalue weighted by atomic mass is 32.1. The zero-order valence-corrected chi connectivity index (χ0v) is 18.1. The molecule has 0 aliphatic carbocycles. The minimum absolute atomic E-state index is 0.529. The highest BCUT2D eigenvalue weighted by Gasteiger charge is 2.15. The van der Waals surface area contributed by atoms with Crippen LogP contribution >= 0.6 is 11.3 Å². The van der Waals surface area contributed by atoms with E-state index in [1.165, 1.54) is 0 Å². The lowest BCUT2D eigenvalue weighted by atomic mass is 10.3. The third-order valence-corrected chi connectivity index (χ3v) is 6.26. The van der Waals surface area contributed by atoms with Crippen LogP contribution in [0.1, 0.15) is 5.69 Å². The lowest BCUT2D eigenvalue weighted by Gasteiger charge is -2.33. The van der Waals surface area contributed by atoms with Gasteiger partial charge in [0.2, 0.25) is 5.95 Å². The number of aromatic nitrogens is 4. The summed E-state index contributed by atoms with van der Waals surface area (Å²) in [6.07, 6.45) is 3.67. The summed E-state index contributed by atoms with van der Waals surface area (Å²) >= 11 is 1.63. The Balaban J connectivity index is 1.48. The number of likely N-dealkylation sites (N-methyl/N-ethyl adjacent to an activating group) is 1. The Kier molecular flexibility index (Phi) is 5.59. The molecule has 1 fully saturated rings. The van der Waals surface area contributed by atoms with Crippen LogP contribution in [0.25, 0.3) is 10.6 Å². The van der Waals surface area contributed by atoms with Gasteiger partial charge in [0.25, 0.3) is 0 Å². The van der Waals surface area contributed by atoms with Gasteiger partial charge in [0.05, 0.1) is 28.1 Å². The second-order valence-corrected chi connectivity index (χ2v) is 8.37. The maximum absolute atomic E-state index is 4.67. The molecule has 8 nitrogen and oxygen atoms in total. The van der Waals surface area contributed by atoms with Crippen molar-refractivity contribution in [2.45, 2.75) is 6.92 Å². The average molecular weight is 411 g/mol. The monoisotopic (exact) mass is 410 g/mol. The summed E-state index contributed by atoms with van der Waals surface area (Å²) < 4.78 is 0. The molecule has 3 aromatic rings. The van der Waals surface area contributed by atoms with E-state index in [4.69, 9.17) is 0 Å². The number of hydrogen-bond donors (Lipinski definition) is 1. The molecular formula is C20H26N8S. The van der Waals surface area contributed by atoms with Crippen LogP contribution in [0.15, 0.2) is 30.6 Å². The summed E-state index contributed by atoms with van der Waals surface area (Å²) in [5.74, 6) is 1.26. The third kappa shape index (κ3) is 4.46. The molecule has 29 heavy (non-hydrogen) atoms. The first-order valence-electron chi connectivity index (χ1n) is 9.64. The van der Waals surface area contributed by atoms with Gasteiger partial charge >= 0.3 is 0 Å². The summed E-state index contributed by atoms with van der Waals surface area (Å²) in [7, 11) is 6.14. The maximum atomic E-state index is 4.67. The average Bonchev–Trinajstić information content (AvgIpc) is 3.12. The number of pyridine rings is 1. The van der Waals surface area contributed by atoms with Gasteiger partial charge in [-0.25, -0.2) is 19.9 Å². The molecule has 0 saturated carbocycles. The van der Waals surface area contributed by atoms with Gasteiger partial charge in [-0.1, -0.05) is 11.3 Å². The number of nitrogens with one attached hydrogen (secondary N) is 1. The smallest absolute Gasteiger partial charge is 0.228 e. The first-order chi connectivity index (χ1) is 14.0. The summed E-state index contributed by atoms with van der Waals surface area (Å²) in [4.78, 5) is 25.9.